The first-order valence-electron chi connectivity index (χ1n) is 12.6. The van der Waals surface area contributed by atoms with Crippen molar-refractivity contribution in [3.8, 4) is 0 Å². The second-order valence-corrected chi connectivity index (χ2v) is 10.0. The second kappa shape index (κ2) is 11.2. The zero-order valence-electron chi connectivity index (χ0n) is 22.4. The molecule has 2 aliphatic carbocycles. The van der Waals surface area contributed by atoms with E-state index in [4.69, 9.17) is 0 Å². The van der Waals surface area contributed by atoms with Crippen LogP contribution in [0.1, 0.15) is 96.7 Å². The third-order valence-electron chi connectivity index (χ3n) is 7.33. The molecule has 0 saturated heterocycles. The Balaban J connectivity index is 0.00000199. The van der Waals surface area contributed by atoms with Crippen LogP contribution in [0.15, 0.2) is 51.4 Å². The zero-order chi connectivity index (χ0) is 25.8. The van der Waals surface area contributed by atoms with Crippen LogP contribution in [0.4, 0.5) is 0 Å². The van der Waals surface area contributed by atoms with Crippen molar-refractivity contribution < 1.29 is 9.90 Å². The van der Waals surface area contributed by atoms with E-state index in [2.05, 4.69) is 50.3 Å². The van der Waals surface area contributed by atoms with Gasteiger partial charge in [-0.3, -0.25) is 9.79 Å². The summed E-state index contributed by atoms with van der Waals surface area (Å²) in [5.41, 5.74) is 4.26. The van der Waals surface area contributed by atoms with Gasteiger partial charge in [0.2, 0.25) is 0 Å². The number of allylic oxidation sites excluding steroid dienone is 6. The highest BCUT2D eigenvalue weighted by Crippen LogP contribution is 2.50. The first-order valence-corrected chi connectivity index (χ1v) is 12.6. The Bertz CT molecular complexity index is 1100. The van der Waals surface area contributed by atoms with Gasteiger partial charge in [0, 0.05) is 36.6 Å². The van der Waals surface area contributed by atoms with E-state index < -0.39 is 11.4 Å². The molecule has 5 heteroatoms. The molecule has 0 bridgehead atoms. The number of carboxylic acid groups (broad SMARTS) is 1. The van der Waals surface area contributed by atoms with E-state index in [1.165, 1.54) is 0 Å². The van der Waals surface area contributed by atoms with Crippen molar-refractivity contribution >= 4 is 17.3 Å². The Morgan fingerprint density at radius 2 is 1.97 bits per heavy atom. The molecule has 1 saturated carbocycles. The summed E-state index contributed by atoms with van der Waals surface area (Å²) in [6, 6.07) is 1.65. The summed E-state index contributed by atoms with van der Waals surface area (Å²) in [5.74, 6) is -0.638. The molecule has 1 N–H and O–H groups in total. The Kier molecular flexibility index (Phi) is 9.04. The van der Waals surface area contributed by atoms with Crippen molar-refractivity contribution in [1.82, 2.24) is 4.57 Å². The van der Waals surface area contributed by atoms with E-state index in [9.17, 15) is 14.7 Å². The van der Waals surface area contributed by atoms with Crippen molar-refractivity contribution in [2.75, 3.05) is 7.05 Å². The molecule has 0 aliphatic heterocycles. The summed E-state index contributed by atoms with van der Waals surface area (Å²) in [4.78, 5) is 29.4. The molecule has 3 rings (SSSR count). The maximum absolute atomic E-state index is 12.9. The van der Waals surface area contributed by atoms with Gasteiger partial charge in [-0.25, -0.2) is 4.79 Å². The summed E-state index contributed by atoms with van der Waals surface area (Å²) in [5, 5.41) is 9.71. The van der Waals surface area contributed by atoms with Gasteiger partial charge < -0.3 is 9.67 Å². The van der Waals surface area contributed by atoms with Gasteiger partial charge >= 0.3 is 5.97 Å². The number of aromatic carboxylic acids is 1. The smallest absolute Gasteiger partial charge is 0.341 e. The van der Waals surface area contributed by atoms with E-state index in [1.54, 1.807) is 19.3 Å². The SMILES string of the molecule is CC.CCC(C)/C(=C1/C=CC=C(C)C1=NC)c1cc(=O)c(C(=O)O)cn1C1C(C)CCC1(C)C. The van der Waals surface area contributed by atoms with E-state index >= 15 is 0 Å². The molecule has 3 atom stereocenters. The normalized spacial score (nSPS) is 24.9. The topological polar surface area (TPSA) is 71.7 Å². The molecular formula is C29H42N2O3. The number of carbonyl (C=O) groups is 1. The van der Waals surface area contributed by atoms with Crippen LogP contribution >= 0.6 is 0 Å². The summed E-state index contributed by atoms with van der Waals surface area (Å²) in [6.45, 7) is 17.1. The minimum atomic E-state index is -1.18. The van der Waals surface area contributed by atoms with Crippen LogP contribution < -0.4 is 5.43 Å². The maximum Gasteiger partial charge on any atom is 0.341 e. The fraction of sp³-hybridized carbons (Fsp3) is 0.552. The fourth-order valence-corrected chi connectivity index (χ4v) is 5.52. The van der Waals surface area contributed by atoms with Gasteiger partial charge in [0.05, 0.1) is 5.71 Å². The summed E-state index contributed by atoms with van der Waals surface area (Å²) in [7, 11) is 1.79. The molecule has 0 aromatic carbocycles. The highest BCUT2D eigenvalue weighted by Gasteiger charge is 2.42. The van der Waals surface area contributed by atoms with Gasteiger partial charge in [0.15, 0.2) is 5.43 Å². The zero-order valence-corrected chi connectivity index (χ0v) is 22.4. The Hall–Kier alpha value is -2.69. The van der Waals surface area contributed by atoms with E-state index in [1.807, 2.05) is 32.9 Å². The lowest BCUT2D eigenvalue weighted by Crippen LogP contribution is -2.31. The van der Waals surface area contributed by atoms with Crippen molar-refractivity contribution in [2.24, 2.45) is 22.2 Å². The lowest BCUT2D eigenvalue weighted by atomic mass is 9.82. The number of nitrogens with zero attached hydrogens (tertiary/aromatic N) is 2. The van der Waals surface area contributed by atoms with Gasteiger partial charge in [-0.1, -0.05) is 66.7 Å². The Labute approximate surface area is 205 Å². The van der Waals surface area contributed by atoms with Crippen molar-refractivity contribution in [2.45, 2.75) is 80.7 Å². The summed E-state index contributed by atoms with van der Waals surface area (Å²) in [6.07, 6.45) is 10.8. The largest absolute Gasteiger partial charge is 0.477 e. The molecule has 1 heterocycles. The predicted octanol–water partition coefficient (Wildman–Crippen LogP) is 6.96. The van der Waals surface area contributed by atoms with Gasteiger partial charge in [-0.05, 0) is 54.6 Å². The van der Waals surface area contributed by atoms with Crippen LogP contribution in [-0.4, -0.2) is 28.4 Å². The highest BCUT2D eigenvalue weighted by atomic mass is 16.4. The highest BCUT2D eigenvalue weighted by molar-refractivity contribution is 6.19. The van der Waals surface area contributed by atoms with Gasteiger partial charge in [-0.15, -0.1) is 0 Å². The van der Waals surface area contributed by atoms with Crippen LogP contribution in [0.25, 0.3) is 5.57 Å². The molecule has 1 aromatic rings. The van der Waals surface area contributed by atoms with Gasteiger partial charge in [-0.2, -0.15) is 0 Å². The first-order chi connectivity index (χ1) is 16.0. The standard InChI is InChI=1S/C27H36N2O3.C2H6/c1-8-16(2)23(19-11-9-10-17(3)24(19)28-7)21-14-22(30)20(26(31)32)15-29(21)25-18(4)12-13-27(25,5)6;1-2/h9-11,14-16,18,25H,8,12-13H2,1-7H3,(H,31,32);1-2H3/b23-19+,28-24?;. The lowest BCUT2D eigenvalue weighted by Gasteiger charge is -2.36. The number of aliphatic imine (C=N–C) groups is 1. The number of hydrogen-bond acceptors (Lipinski definition) is 3. The molecule has 34 heavy (non-hydrogen) atoms. The quantitative estimate of drug-likeness (QED) is 0.510. The molecule has 5 nitrogen and oxygen atoms in total. The Morgan fingerprint density at radius 1 is 1.32 bits per heavy atom. The fourth-order valence-electron chi connectivity index (χ4n) is 5.52. The number of hydrogen-bond donors (Lipinski definition) is 1. The molecule has 2 aliphatic rings. The average molecular weight is 467 g/mol. The molecule has 0 amide bonds. The first kappa shape index (κ1) is 27.6. The number of carboxylic acids is 1. The minimum absolute atomic E-state index is 0.00979. The monoisotopic (exact) mass is 466 g/mol. The van der Waals surface area contributed by atoms with Crippen LogP contribution in [0.3, 0.4) is 0 Å². The molecule has 3 unspecified atom stereocenters. The maximum atomic E-state index is 12.9. The summed E-state index contributed by atoms with van der Waals surface area (Å²) < 4.78 is 2.10. The molecule has 0 spiro atoms. The van der Waals surface area contributed by atoms with Crippen molar-refractivity contribution in [3.63, 3.8) is 0 Å². The molecule has 0 radical (unpaired) electrons. The molecule has 186 valence electrons. The van der Waals surface area contributed by atoms with Crippen molar-refractivity contribution in [3.05, 3.63) is 63.1 Å². The average Bonchev–Trinajstić information content (AvgIpc) is 3.07. The number of rotatable bonds is 5. The summed E-state index contributed by atoms with van der Waals surface area (Å²) >= 11 is 0. The van der Waals surface area contributed by atoms with E-state index in [0.717, 1.165) is 47.4 Å². The van der Waals surface area contributed by atoms with Crippen LogP contribution in [0, 0.1) is 17.3 Å². The lowest BCUT2D eigenvalue weighted by molar-refractivity contribution is 0.0693. The van der Waals surface area contributed by atoms with Crippen LogP contribution in [0.2, 0.25) is 0 Å². The third-order valence-corrected chi connectivity index (χ3v) is 7.33. The van der Waals surface area contributed by atoms with E-state index in [0.29, 0.717) is 5.92 Å². The minimum Gasteiger partial charge on any atom is -0.477 e. The third kappa shape index (κ3) is 5.18. The van der Waals surface area contributed by atoms with Crippen molar-refractivity contribution in [1.29, 1.82) is 0 Å². The second-order valence-electron chi connectivity index (χ2n) is 10.0. The number of aromatic nitrogens is 1. The molecule has 1 aromatic heterocycles. The van der Waals surface area contributed by atoms with E-state index in [-0.39, 0.29) is 22.9 Å². The molecule has 1 fully saturated rings. The van der Waals surface area contributed by atoms with Crippen LogP contribution in [0.5, 0.6) is 0 Å². The van der Waals surface area contributed by atoms with Crippen LogP contribution in [-0.2, 0) is 0 Å². The van der Waals surface area contributed by atoms with Gasteiger partial charge in [0.1, 0.15) is 5.56 Å². The predicted molar refractivity (Wildman–Crippen MR) is 143 cm³/mol. The van der Waals surface area contributed by atoms with Gasteiger partial charge in [0.25, 0.3) is 0 Å². The number of pyridine rings is 1. The molecular weight excluding hydrogens is 424 g/mol. The Morgan fingerprint density at radius 3 is 2.47 bits per heavy atom.